The summed E-state index contributed by atoms with van der Waals surface area (Å²) >= 11 is 6.46. The minimum atomic E-state index is -0.122. The van der Waals surface area contributed by atoms with Gasteiger partial charge in [-0.25, -0.2) is 4.98 Å². The number of fused-ring (bicyclic) bond motifs is 1. The first-order valence-electron chi connectivity index (χ1n) is 11.0. The highest BCUT2D eigenvalue weighted by Gasteiger charge is 2.15. The molecule has 0 radical (unpaired) electrons. The van der Waals surface area contributed by atoms with Crippen molar-refractivity contribution in [2.75, 3.05) is 18.4 Å². The molecule has 5 nitrogen and oxygen atoms in total. The van der Waals surface area contributed by atoms with Crippen molar-refractivity contribution in [1.29, 1.82) is 0 Å². The highest BCUT2D eigenvalue weighted by atomic mass is 35.5. The van der Waals surface area contributed by atoms with E-state index in [1.807, 2.05) is 42.5 Å². The Kier molecular flexibility index (Phi) is 5.93. The van der Waals surface area contributed by atoms with E-state index in [0.29, 0.717) is 34.0 Å². The van der Waals surface area contributed by atoms with Crippen molar-refractivity contribution < 1.29 is 0 Å². The van der Waals surface area contributed by atoms with Gasteiger partial charge in [0.2, 0.25) is 0 Å². The predicted molar refractivity (Wildman–Crippen MR) is 131 cm³/mol. The maximum absolute atomic E-state index is 13.4. The molecule has 162 valence electrons. The first-order chi connectivity index (χ1) is 15.7. The second kappa shape index (κ2) is 9.15. The minimum absolute atomic E-state index is 0.122. The van der Waals surface area contributed by atoms with Crippen LogP contribution < -0.4 is 10.9 Å². The Balaban J connectivity index is 1.48. The zero-order chi connectivity index (χ0) is 21.9. The van der Waals surface area contributed by atoms with Crippen LogP contribution in [0.25, 0.3) is 16.6 Å². The summed E-state index contributed by atoms with van der Waals surface area (Å²) in [5.41, 5.74) is 3.49. The van der Waals surface area contributed by atoms with Crippen LogP contribution in [0.15, 0.2) is 77.6 Å². The van der Waals surface area contributed by atoms with Gasteiger partial charge in [0.05, 0.1) is 28.2 Å². The SMILES string of the molecule is O=c1c2ccccc2nc(CNc2cccc(CN3CCCC3)c2)n1-c1ccccc1Cl. The molecule has 32 heavy (non-hydrogen) atoms. The monoisotopic (exact) mass is 444 g/mol. The van der Waals surface area contributed by atoms with Gasteiger partial charge in [-0.15, -0.1) is 0 Å². The number of nitrogens with one attached hydrogen (secondary N) is 1. The van der Waals surface area contributed by atoms with E-state index in [1.165, 1.54) is 31.5 Å². The number of anilines is 1. The van der Waals surface area contributed by atoms with Gasteiger partial charge in [-0.1, -0.05) is 48.0 Å². The summed E-state index contributed by atoms with van der Waals surface area (Å²) in [6, 6.07) is 23.3. The van der Waals surface area contributed by atoms with Crippen molar-refractivity contribution in [1.82, 2.24) is 14.5 Å². The quantitative estimate of drug-likeness (QED) is 0.441. The molecule has 1 saturated heterocycles. The average molecular weight is 445 g/mol. The molecule has 2 heterocycles. The van der Waals surface area contributed by atoms with E-state index in [-0.39, 0.29) is 5.56 Å². The van der Waals surface area contributed by atoms with Gasteiger partial charge in [-0.3, -0.25) is 14.3 Å². The summed E-state index contributed by atoms with van der Waals surface area (Å²) in [5, 5.41) is 4.55. The lowest BCUT2D eigenvalue weighted by Crippen LogP contribution is -2.25. The fourth-order valence-corrected chi connectivity index (χ4v) is 4.56. The smallest absolute Gasteiger partial charge is 0.266 e. The Morgan fingerprint density at radius 3 is 2.56 bits per heavy atom. The van der Waals surface area contributed by atoms with Gasteiger partial charge in [0.15, 0.2) is 0 Å². The van der Waals surface area contributed by atoms with Gasteiger partial charge in [0, 0.05) is 12.2 Å². The number of halogens is 1. The normalized spacial score (nSPS) is 14.2. The molecule has 1 aliphatic rings. The molecular weight excluding hydrogens is 420 g/mol. The summed E-state index contributed by atoms with van der Waals surface area (Å²) in [5.74, 6) is 0.617. The first kappa shape index (κ1) is 20.7. The van der Waals surface area contributed by atoms with Crippen molar-refractivity contribution >= 4 is 28.2 Å². The number of nitrogens with zero attached hydrogens (tertiary/aromatic N) is 3. The van der Waals surface area contributed by atoms with E-state index in [9.17, 15) is 4.79 Å². The van der Waals surface area contributed by atoms with Gasteiger partial charge in [-0.05, 0) is 67.9 Å². The summed E-state index contributed by atoms with van der Waals surface area (Å²) < 4.78 is 1.62. The lowest BCUT2D eigenvalue weighted by molar-refractivity contribution is 0.331. The Labute approximate surface area is 192 Å². The Bertz CT molecular complexity index is 1310. The van der Waals surface area contributed by atoms with Gasteiger partial charge in [0.1, 0.15) is 5.82 Å². The fraction of sp³-hybridized carbons (Fsp3) is 0.231. The second-order valence-electron chi connectivity index (χ2n) is 8.17. The van der Waals surface area contributed by atoms with Crippen LogP contribution in [0.4, 0.5) is 5.69 Å². The maximum atomic E-state index is 13.4. The first-order valence-corrected chi connectivity index (χ1v) is 11.4. The predicted octanol–water partition coefficient (Wildman–Crippen LogP) is 5.25. The van der Waals surface area contributed by atoms with Gasteiger partial charge < -0.3 is 5.32 Å². The minimum Gasteiger partial charge on any atom is -0.378 e. The Morgan fingerprint density at radius 2 is 1.72 bits per heavy atom. The van der Waals surface area contributed by atoms with E-state index >= 15 is 0 Å². The summed E-state index contributed by atoms with van der Waals surface area (Å²) in [6.45, 7) is 3.71. The summed E-state index contributed by atoms with van der Waals surface area (Å²) in [4.78, 5) is 20.7. The summed E-state index contributed by atoms with van der Waals surface area (Å²) in [7, 11) is 0. The highest BCUT2D eigenvalue weighted by Crippen LogP contribution is 2.22. The van der Waals surface area contributed by atoms with Gasteiger partial charge in [0.25, 0.3) is 5.56 Å². The van der Waals surface area contributed by atoms with E-state index in [4.69, 9.17) is 16.6 Å². The largest absolute Gasteiger partial charge is 0.378 e. The number of rotatable bonds is 6. The highest BCUT2D eigenvalue weighted by molar-refractivity contribution is 6.32. The van der Waals surface area contributed by atoms with Gasteiger partial charge >= 0.3 is 0 Å². The van der Waals surface area contributed by atoms with Crippen LogP contribution in [-0.4, -0.2) is 27.5 Å². The van der Waals surface area contributed by atoms with Gasteiger partial charge in [-0.2, -0.15) is 0 Å². The lowest BCUT2D eigenvalue weighted by atomic mass is 10.2. The molecule has 1 aliphatic heterocycles. The molecule has 1 fully saturated rings. The fourth-order valence-electron chi connectivity index (χ4n) is 4.34. The zero-order valence-electron chi connectivity index (χ0n) is 17.8. The third-order valence-electron chi connectivity index (χ3n) is 5.92. The van der Waals surface area contributed by atoms with Crippen molar-refractivity contribution in [3.63, 3.8) is 0 Å². The van der Waals surface area contributed by atoms with Crippen molar-refractivity contribution in [2.24, 2.45) is 0 Å². The number of benzene rings is 3. The van der Waals surface area contributed by atoms with Crippen LogP contribution >= 0.6 is 11.6 Å². The van der Waals surface area contributed by atoms with E-state index in [1.54, 1.807) is 16.7 Å². The average Bonchev–Trinajstić information content (AvgIpc) is 3.32. The van der Waals surface area contributed by atoms with Crippen LogP contribution in [0.5, 0.6) is 0 Å². The van der Waals surface area contributed by atoms with Crippen LogP contribution in [0, 0.1) is 0 Å². The molecular formula is C26H25ClN4O. The van der Waals surface area contributed by atoms with E-state index in [2.05, 4.69) is 28.4 Å². The molecule has 0 amide bonds. The number of hydrogen-bond acceptors (Lipinski definition) is 4. The van der Waals surface area contributed by atoms with Crippen molar-refractivity contribution in [3.05, 3.63) is 99.6 Å². The molecule has 0 bridgehead atoms. The standard InChI is InChI=1S/C26H25ClN4O/c27-22-11-2-4-13-24(22)31-25(29-23-12-3-1-10-21(23)26(31)32)17-28-20-9-7-8-19(16-20)18-30-14-5-6-15-30/h1-4,7-13,16,28H,5-6,14-15,17-18H2. The molecule has 3 aromatic carbocycles. The Morgan fingerprint density at radius 1 is 0.938 bits per heavy atom. The number of hydrogen-bond donors (Lipinski definition) is 1. The summed E-state index contributed by atoms with van der Waals surface area (Å²) in [6.07, 6.45) is 2.57. The third-order valence-corrected chi connectivity index (χ3v) is 6.24. The van der Waals surface area contributed by atoms with E-state index in [0.717, 1.165) is 12.2 Å². The third kappa shape index (κ3) is 4.27. The second-order valence-corrected chi connectivity index (χ2v) is 8.58. The lowest BCUT2D eigenvalue weighted by Gasteiger charge is -2.17. The molecule has 1 aromatic heterocycles. The number of aromatic nitrogens is 2. The topological polar surface area (TPSA) is 50.2 Å². The molecule has 0 unspecified atom stereocenters. The van der Waals surface area contributed by atoms with Crippen LogP contribution in [0.1, 0.15) is 24.2 Å². The van der Waals surface area contributed by atoms with E-state index < -0.39 is 0 Å². The Hall–Kier alpha value is -3.15. The molecule has 0 spiro atoms. The molecule has 1 N–H and O–H groups in total. The zero-order valence-corrected chi connectivity index (χ0v) is 18.6. The molecule has 6 heteroatoms. The van der Waals surface area contributed by atoms with Crippen molar-refractivity contribution in [2.45, 2.75) is 25.9 Å². The number of para-hydroxylation sites is 2. The molecule has 4 aromatic rings. The van der Waals surface area contributed by atoms with Crippen LogP contribution in [0.2, 0.25) is 5.02 Å². The number of likely N-dealkylation sites (tertiary alicyclic amines) is 1. The molecule has 0 aliphatic carbocycles. The van der Waals surface area contributed by atoms with Crippen LogP contribution in [-0.2, 0) is 13.1 Å². The van der Waals surface area contributed by atoms with Crippen molar-refractivity contribution in [3.8, 4) is 5.69 Å². The maximum Gasteiger partial charge on any atom is 0.266 e. The molecule has 0 saturated carbocycles. The van der Waals surface area contributed by atoms with Crippen LogP contribution in [0.3, 0.4) is 0 Å². The molecule has 5 rings (SSSR count). The molecule has 0 atom stereocenters.